The molecule has 7 heteroatoms. The first-order valence-electron chi connectivity index (χ1n) is 3.36. The lowest BCUT2D eigenvalue weighted by Crippen LogP contribution is -1.94. The van der Waals surface area contributed by atoms with E-state index in [0.717, 1.165) is 0 Å². The Morgan fingerprint density at radius 2 is 2.00 bits per heavy atom. The third kappa shape index (κ3) is 8.62. The summed E-state index contributed by atoms with van der Waals surface area (Å²) in [6.45, 7) is 0. The van der Waals surface area contributed by atoms with Gasteiger partial charge in [-0.2, -0.15) is 8.42 Å². The second-order valence-electron chi connectivity index (χ2n) is 2.28. The number of hydrogen-bond acceptors (Lipinski definition) is 4. The number of carboxylic acid groups (broad SMARTS) is 1. The van der Waals surface area contributed by atoms with Gasteiger partial charge in [-0.05, 0) is 12.1 Å². The number of nitrogens with zero attached hydrogens (tertiary/aromatic N) is 1. The van der Waals surface area contributed by atoms with Crippen molar-refractivity contribution in [2.75, 3.05) is 6.26 Å². The molecular weight excluding hydrogens is 210 g/mol. The highest BCUT2D eigenvalue weighted by atomic mass is 32.2. The highest BCUT2D eigenvalue weighted by Gasteiger charge is 1.97. The van der Waals surface area contributed by atoms with E-state index < -0.39 is 16.1 Å². The smallest absolute Gasteiger partial charge is 0.337 e. The standard InChI is InChI=1S/C6H5NO2.CH4O3S/c8-6(9)5-2-1-3-7-4-5;1-5(2,3)4/h1-4H,(H,8,9);1H3,(H,2,3,4). The molecular formula is C7H9NO5S. The van der Waals surface area contributed by atoms with E-state index in [1.54, 1.807) is 6.07 Å². The van der Waals surface area contributed by atoms with Crippen molar-refractivity contribution in [1.29, 1.82) is 0 Å². The normalized spacial score (nSPS) is 9.86. The monoisotopic (exact) mass is 219 g/mol. The largest absolute Gasteiger partial charge is 0.478 e. The van der Waals surface area contributed by atoms with Crippen molar-refractivity contribution in [2.45, 2.75) is 0 Å². The van der Waals surface area contributed by atoms with Crippen LogP contribution < -0.4 is 0 Å². The van der Waals surface area contributed by atoms with Gasteiger partial charge in [0, 0.05) is 12.4 Å². The van der Waals surface area contributed by atoms with Gasteiger partial charge in [0.15, 0.2) is 0 Å². The van der Waals surface area contributed by atoms with Crippen LogP contribution in [0.15, 0.2) is 24.5 Å². The van der Waals surface area contributed by atoms with Gasteiger partial charge in [-0.15, -0.1) is 0 Å². The number of rotatable bonds is 1. The first-order chi connectivity index (χ1) is 6.30. The highest BCUT2D eigenvalue weighted by Crippen LogP contribution is 1.92. The van der Waals surface area contributed by atoms with Crippen molar-refractivity contribution in [1.82, 2.24) is 4.98 Å². The van der Waals surface area contributed by atoms with Crippen LogP contribution in [0, 0.1) is 0 Å². The lowest BCUT2D eigenvalue weighted by molar-refractivity contribution is 0.0696. The minimum absolute atomic E-state index is 0.220. The number of hydrogen-bond donors (Lipinski definition) is 2. The predicted molar refractivity (Wildman–Crippen MR) is 48.7 cm³/mol. The summed E-state index contributed by atoms with van der Waals surface area (Å²) >= 11 is 0. The number of pyridine rings is 1. The lowest BCUT2D eigenvalue weighted by atomic mass is 10.3. The fourth-order valence-electron chi connectivity index (χ4n) is 0.489. The first-order valence-corrected chi connectivity index (χ1v) is 5.21. The van der Waals surface area contributed by atoms with E-state index in [0.29, 0.717) is 6.26 Å². The van der Waals surface area contributed by atoms with Gasteiger partial charge in [0.1, 0.15) is 0 Å². The minimum atomic E-state index is -3.67. The Labute approximate surface area is 81.0 Å². The molecule has 1 aromatic rings. The van der Waals surface area contributed by atoms with Gasteiger partial charge >= 0.3 is 5.97 Å². The van der Waals surface area contributed by atoms with Crippen molar-refractivity contribution in [3.63, 3.8) is 0 Å². The van der Waals surface area contributed by atoms with E-state index in [1.165, 1.54) is 18.5 Å². The fraction of sp³-hybridized carbons (Fsp3) is 0.143. The molecule has 0 aliphatic rings. The van der Waals surface area contributed by atoms with E-state index in [9.17, 15) is 13.2 Å². The van der Waals surface area contributed by atoms with E-state index >= 15 is 0 Å². The van der Waals surface area contributed by atoms with Crippen molar-refractivity contribution >= 4 is 16.1 Å². The zero-order valence-electron chi connectivity index (χ0n) is 7.28. The van der Waals surface area contributed by atoms with Gasteiger partial charge < -0.3 is 5.11 Å². The molecule has 0 aromatic carbocycles. The molecule has 0 unspecified atom stereocenters. The first kappa shape index (κ1) is 12.5. The summed E-state index contributed by atoms with van der Waals surface area (Å²) in [5.74, 6) is -0.942. The number of aromatic carboxylic acids is 1. The molecule has 0 aliphatic carbocycles. The van der Waals surface area contributed by atoms with Gasteiger partial charge in [0.25, 0.3) is 10.1 Å². The van der Waals surface area contributed by atoms with Gasteiger partial charge in [0.05, 0.1) is 11.8 Å². The Balaban J connectivity index is 0.000000292. The zero-order chi connectivity index (χ0) is 11.2. The van der Waals surface area contributed by atoms with Crippen LogP contribution in [0.4, 0.5) is 0 Å². The molecule has 1 aromatic heterocycles. The van der Waals surface area contributed by atoms with Crippen molar-refractivity contribution in [2.24, 2.45) is 0 Å². The summed E-state index contributed by atoms with van der Waals surface area (Å²) in [4.78, 5) is 13.8. The molecule has 0 spiro atoms. The maximum absolute atomic E-state index is 10.2. The van der Waals surface area contributed by atoms with Crippen molar-refractivity contribution in [3.8, 4) is 0 Å². The summed E-state index contributed by atoms with van der Waals surface area (Å²) in [5.41, 5.74) is 0.220. The molecule has 0 fully saturated rings. The summed E-state index contributed by atoms with van der Waals surface area (Å²) in [5, 5.41) is 8.34. The van der Waals surface area contributed by atoms with E-state index in [1.807, 2.05) is 0 Å². The van der Waals surface area contributed by atoms with Crippen LogP contribution in [0.1, 0.15) is 10.4 Å². The van der Waals surface area contributed by atoms with E-state index in [-0.39, 0.29) is 5.56 Å². The molecule has 0 amide bonds. The number of aromatic nitrogens is 1. The van der Waals surface area contributed by atoms with E-state index in [2.05, 4.69) is 4.98 Å². The van der Waals surface area contributed by atoms with Gasteiger partial charge in [-0.25, -0.2) is 4.79 Å². The molecule has 1 heterocycles. The van der Waals surface area contributed by atoms with E-state index in [4.69, 9.17) is 9.66 Å². The summed E-state index contributed by atoms with van der Waals surface area (Å²) in [7, 11) is -3.67. The third-order valence-electron chi connectivity index (χ3n) is 0.908. The van der Waals surface area contributed by atoms with Gasteiger partial charge in [0.2, 0.25) is 0 Å². The molecule has 2 N–H and O–H groups in total. The Morgan fingerprint density at radius 1 is 1.50 bits per heavy atom. The zero-order valence-corrected chi connectivity index (χ0v) is 8.10. The second-order valence-corrected chi connectivity index (χ2v) is 3.75. The third-order valence-corrected chi connectivity index (χ3v) is 0.908. The van der Waals surface area contributed by atoms with Crippen LogP contribution in [0.2, 0.25) is 0 Å². The molecule has 6 nitrogen and oxygen atoms in total. The molecule has 78 valence electrons. The number of carboxylic acids is 1. The Hall–Kier alpha value is -1.47. The quantitative estimate of drug-likeness (QED) is 0.657. The summed E-state index contributed by atoms with van der Waals surface area (Å²) in [6.07, 6.45) is 3.56. The van der Waals surface area contributed by atoms with Gasteiger partial charge in [-0.1, -0.05) is 0 Å². The Morgan fingerprint density at radius 3 is 2.21 bits per heavy atom. The minimum Gasteiger partial charge on any atom is -0.478 e. The second kappa shape index (κ2) is 5.30. The van der Waals surface area contributed by atoms with Crippen LogP contribution in [0.25, 0.3) is 0 Å². The summed E-state index contributed by atoms with van der Waals surface area (Å²) < 4.78 is 25.9. The fourth-order valence-corrected chi connectivity index (χ4v) is 0.489. The van der Waals surface area contributed by atoms with Crippen LogP contribution in [-0.4, -0.2) is 35.3 Å². The molecule has 0 saturated carbocycles. The molecule has 1 rings (SSSR count). The SMILES string of the molecule is CS(=O)(=O)O.O=C(O)c1cccnc1. The van der Waals surface area contributed by atoms with Crippen LogP contribution in [-0.2, 0) is 10.1 Å². The number of carbonyl (C=O) groups is 1. The predicted octanol–water partition coefficient (Wildman–Crippen LogP) is 0.284. The van der Waals surface area contributed by atoms with Crippen molar-refractivity contribution < 1.29 is 22.9 Å². The average molecular weight is 219 g/mol. The van der Waals surface area contributed by atoms with Gasteiger partial charge in [-0.3, -0.25) is 9.54 Å². The molecule has 0 bridgehead atoms. The maximum Gasteiger partial charge on any atom is 0.337 e. The Bertz CT molecular complexity index is 378. The molecule has 0 atom stereocenters. The maximum atomic E-state index is 10.2. The van der Waals surface area contributed by atoms with Crippen LogP contribution >= 0.6 is 0 Å². The lowest BCUT2D eigenvalue weighted by Gasteiger charge is -1.87. The molecule has 0 radical (unpaired) electrons. The molecule has 0 saturated heterocycles. The molecule has 0 aliphatic heterocycles. The topological polar surface area (TPSA) is 105 Å². The van der Waals surface area contributed by atoms with Crippen molar-refractivity contribution in [3.05, 3.63) is 30.1 Å². The Kier molecular flexibility index (Phi) is 4.74. The van der Waals surface area contributed by atoms with Crippen LogP contribution in [0.5, 0.6) is 0 Å². The highest BCUT2D eigenvalue weighted by molar-refractivity contribution is 7.85. The molecule has 14 heavy (non-hydrogen) atoms. The van der Waals surface area contributed by atoms with Crippen LogP contribution in [0.3, 0.4) is 0 Å². The average Bonchev–Trinajstić information content (AvgIpc) is 2.03. The summed E-state index contributed by atoms with van der Waals surface area (Å²) in [6, 6.07) is 3.08.